The summed E-state index contributed by atoms with van der Waals surface area (Å²) in [6.45, 7) is 0. The van der Waals surface area contributed by atoms with Crippen LogP contribution in [0.5, 0.6) is 5.75 Å². The Morgan fingerprint density at radius 1 is 1.12 bits per heavy atom. The van der Waals surface area contributed by atoms with Crippen molar-refractivity contribution in [3.05, 3.63) is 78.4 Å². The Morgan fingerprint density at radius 2 is 2.04 bits per heavy atom. The zero-order valence-corrected chi connectivity index (χ0v) is 14.5. The highest BCUT2D eigenvalue weighted by atomic mass is 32.1. The Hall–Kier alpha value is -2.86. The number of thiocarbonyl (C=S) groups is 1. The Balaban J connectivity index is 1.80. The molecule has 3 aromatic rings. The molecule has 1 aromatic carbocycles. The van der Waals surface area contributed by atoms with Gasteiger partial charge in [0, 0.05) is 29.8 Å². The van der Waals surface area contributed by atoms with Crippen LogP contribution in [0.15, 0.2) is 67.0 Å². The van der Waals surface area contributed by atoms with Crippen LogP contribution in [0.4, 0.5) is 5.69 Å². The smallest absolute Gasteiger partial charge is 0.174 e. The number of aromatic amines is 1. The summed E-state index contributed by atoms with van der Waals surface area (Å²) < 4.78 is 5.38. The highest BCUT2D eigenvalue weighted by molar-refractivity contribution is 7.80. The van der Waals surface area contributed by atoms with E-state index in [9.17, 15) is 0 Å². The van der Waals surface area contributed by atoms with E-state index in [1.807, 2.05) is 54.7 Å². The number of hydrogen-bond acceptors (Lipinski definition) is 3. The fourth-order valence-corrected chi connectivity index (χ4v) is 3.58. The normalized spacial score (nSPS) is 19.7. The lowest BCUT2D eigenvalue weighted by Crippen LogP contribution is -2.29. The van der Waals surface area contributed by atoms with Crippen LogP contribution in [0.2, 0.25) is 0 Å². The van der Waals surface area contributed by atoms with Crippen molar-refractivity contribution in [2.24, 2.45) is 0 Å². The SMILES string of the molecule is COc1cccc(N2C(=S)N[C@H](c3ccccn3)[C@@H]2c2ccc[nH]2)c1. The molecule has 25 heavy (non-hydrogen) atoms. The monoisotopic (exact) mass is 350 g/mol. The van der Waals surface area contributed by atoms with Crippen molar-refractivity contribution in [2.45, 2.75) is 12.1 Å². The third kappa shape index (κ3) is 2.85. The van der Waals surface area contributed by atoms with Gasteiger partial charge in [-0.15, -0.1) is 0 Å². The number of nitrogens with one attached hydrogen (secondary N) is 2. The number of aromatic nitrogens is 2. The second kappa shape index (κ2) is 6.57. The van der Waals surface area contributed by atoms with Crippen LogP contribution < -0.4 is 15.0 Å². The van der Waals surface area contributed by atoms with Crippen LogP contribution >= 0.6 is 12.2 Å². The maximum absolute atomic E-state index is 5.66. The van der Waals surface area contributed by atoms with Gasteiger partial charge in [0.15, 0.2) is 5.11 Å². The van der Waals surface area contributed by atoms with E-state index in [-0.39, 0.29) is 12.1 Å². The quantitative estimate of drug-likeness (QED) is 0.704. The summed E-state index contributed by atoms with van der Waals surface area (Å²) in [4.78, 5) is 9.97. The van der Waals surface area contributed by atoms with Gasteiger partial charge in [-0.05, 0) is 48.6 Å². The minimum atomic E-state index is -0.0430. The first-order valence-corrected chi connectivity index (χ1v) is 8.47. The highest BCUT2D eigenvalue weighted by Crippen LogP contribution is 2.41. The lowest BCUT2D eigenvalue weighted by atomic mass is 10.0. The molecular weight excluding hydrogens is 332 g/mol. The molecule has 0 amide bonds. The van der Waals surface area contributed by atoms with E-state index in [4.69, 9.17) is 17.0 Å². The molecule has 0 radical (unpaired) electrons. The van der Waals surface area contributed by atoms with Gasteiger partial charge in [0.2, 0.25) is 0 Å². The predicted octanol–water partition coefficient (Wildman–Crippen LogP) is 3.60. The molecule has 1 aliphatic rings. The maximum Gasteiger partial charge on any atom is 0.174 e. The Morgan fingerprint density at radius 3 is 2.76 bits per heavy atom. The lowest BCUT2D eigenvalue weighted by molar-refractivity contribution is 0.414. The van der Waals surface area contributed by atoms with Crippen LogP contribution in [0.1, 0.15) is 23.5 Å². The maximum atomic E-state index is 5.66. The summed E-state index contributed by atoms with van der Waals surface area (Å²) in [7, 11) is 1.67. The Labute approximate surface area is 151 Å². The topological polar surface area (TPSA) is 53.2 Å². The average molecular weight is 350 g/mol. The van der Waals surface area contributed by atoms with E-state index >= 15 is 0 Å². The Kier molecular flexibility index (Phi) is 4.11. The van der Waals surface area contributed by atoms with Gasteiger partial charge in [0.1, 0.15) is 11.8 Å². The number of anilines is 1. The van der Waals surface area contributed by atoms with Crippen molar-refractivity contribution in [1.29, 1.82) is 0 Å². The van der Waals surface area contributed by atoms with Crippen LogP contribution in [0.25, 0.3) is 0 Å². The molecule has 0 spiro atoms. The van der Waals surface area contributed by atoms with Gasteiger partial charge < -0.3 is 19.9 Å². The third-order valence-corrected chi connectivity index (χ3v) is 4.68. The number of methoxy groups -OCH3 is 1. The van der Waals surface area contributed by atoms with Crippen molar-refractivity contribution in [3.8, 4) is 5.75 Å². The largest absolute Gasteiger partial charge is 0.497 e. The molecule has 2 N–H and O–H groups in total. The molecule has 0 bridgehead atoms. The summed E-state index contributed by atoms with van der Waals surface area (Å²) in [6.07, 6.45) is 3.73. The third-order valence-electron chi connectivity index (χ3n) is 4.37. The van der Waals surface area contributed by atoms with E-state index in [0.29, 0.717) is 5.11 Å². The van der Waals surface area contributed by atoms with Gasteiger partial charge >= 0.3 is 0 Å². The van der Waals surface area contributed by atoms with Gasteiger partial charge in [-0.2, -0.15) is 0 Å². The molecule has 4 rings (SSSR count). The summed E-state index contributed by atoms with van der Waals surface area (Å²) in [5, 5.41) is 4.10. The number of benzene rings is 1. The summed E-state index contributed by atoms with van der Waals surface area (Å²) in [5.41, 5.74) is 3.01. The van der Waals surface area contributed by atoms with Crippen LogP contribution in [-0.2, 0) is 0 Å². The van der Waals surface area contributed by atoms with Crippen molar-refractivity contribution < 1.29 is 4.74 Å². The molecule has 5 nitrogen and oxygen atoms in total. The zero-order chi connectivity index (χ0) is 17.2. The van der Waals surface area contributed by atoms with Crippen molar-refractivity contribution >= 4 is 23.0 Å². The van der Waals surface area contributed by atoms with Crippen LogP contribution in [-0.4, -0.2) is 22.2 Å². The van der Waals surface area contributed by atoms with Gasteiger partial charge in [0.25, 0.3) is 0 Å². The molecule has 1 saturated heterocycles. The molecule has 2 atom stereocenters. The number of rotatable bonds is 4. The van der Waals surface area contributed by atoms with E-state index in [1.165, 1.54) is 0 Å². The molecular formula is C19H18N4OS. The van der Waals surface area contributed by atoms with E-state index < -0.39 is 0 Å². The molecule has 1 aliphatic heterocycles. The number of pyridine rings is 1. The number of nitrogens with zero attached hydrogens (tertiary/aromatic N) is 2. The van der Waals surface area contributed by atoms with E-state index in [0.717, 1.165) is 22.8 Å². The molecule has 2 aromatic heterocycles. The molecule has 1 fully saturated rings. The fraction of sp³-hybridized carbons (Fsp3) is 0.158. The molecule has 6 heteroatoms. The molecule has 0 unspecified atom stereocenters. The van der Waals surface area contributed by atoms with Crippen molar-refractivity contribution in [2.75, 3.05) is 12.0 Å². The van der Waals surface area contributed by atoms with Crippen molar-refractivity contribution in [1.82, 2.24) is 15.3 Å². The number of H-pyrrole nitrogens is 1. The first-order valence-electron chi connectivity index (χ1n) is 8.06. The van der Waals surface area contributed by atoms with E-state index in [2.05, 4.69) is 26.3 Å². The molecule has 126 valence electrons. The average Bonchev–Trinajstić information content (AvgIpc) is 3.30. The first-order chi connectivity index (χ1) is 12.3. The first kappa shape index (κ1) is 15.7. The molecule has 0 aliphatic carbocycles. The van der Waals surface area contributed by atoms with Gasteiger partial charge in [-0.25, -0.2) is 0 Å². The van der Waals surface area contributed by atoms with Crippen LogP contribution in [0.3, 0.4) is 0 Å². The van der Waals surface area contributed by atoms with Crippen LogP contribution in [0, 0.1) is 0 Å². The minimum Gasteiger partial charge on any atom is -0.497 e. The summed E-state index contributed by atoms with van der Waals surface area (Å²) in [5.74, 6) is 0.798. The van der Waals surface area contributed by atoms with E-state index in [1.54, 1.807) is 13.3 Å². The highest BCUT2D eigenvalue weighted by Gasteiger charge is 2.41. The minimum absolute atomic E-state index is 0.0236. The van der Waals surface area contributed by atoms with Gasteiger partial charge in [0.05, 0.1) is 18.8 Å². The summed E-state index contributed by atoms with van der Waals surface area (Å²) >= 11 is 5.66. The predicted molar refractivity (Wildman–Crippen MR) is 102 cm³/mol. The number of ether oxygens (including phenoxy) is 1. The van der Waals surface area contributed by atoms with Crippen molar-refractivity contribution in [3.63, 3.8) is 0 Å². The van der Waals surface area contributed by atoms with Gasteiger partial charge in [-0.1, -0.05) is 12.1 Å². The fourth-order valence-electron chi connectivity index (χ4n) is 3.24. The molecule has 3 heterocycles. The summed E-state index contributed by atoms with van der Waals surface area (Å²) in [6, 6.07) is 17.9. The zero-order valence-electron chi connectivity index (χ0n) is 13.7. The number of hydrogen-bond donors (Lipinski definition) is 2. The second-order valence-corrected chi connectivity index (χ2v) is 6.21. The standard InChI is InChI=1S/C19H18N4OS/c1-24-14-7-4-6-13(12-14)23-18(16-9-5-11-21-16)17(22-19(23)25)15-8-2-3-10-20-15/h2-12,17-18,21H,1H3,(H,22,25)/t17-,18+/m1/s1. The Bertz CT molecular complexity index is 866. The lowest BCUT2D eigenvalue weighted by Gasteiger charge is -2.27. The second-order valence-electron chi connectivity index (χ2n) is 5.82. The van der Waals surface area contributed by atoms with Gasteiger partial charge in [-0.3, -0.25) is 4.98 Å². The molecule has 0 saturated carbocycles.